The molecular weight excluding hydrogens is 310 g/mol. The van der Waals surface area contributed by atoms with Crippen LogP contribution < -0.4 is 5.32 Å². The lowest BCUT2D eigenvalue weighted by Crippen LogP contribution is -2.20. The van der Waals surface area contributed by atoms with Crippen LogP contribution in [0.15, 0.2) is 36.7 Å². The second-order valence-electron chi connectivity index (χ2n) is 5.54. The predicted molar refractivity (Wildman–Crippen MR) is 87.1 cm³/mol. The van der Waals surface area contributed by atoms with Crippen molar-refractivity contribution in [1.29, 1.82) is 0 Å². The maximum atomic E-state index is 12.5. The van der Waals surface area contributed by atoms with Crippen LogP contribution in [-0.4, -0.2) is 42.0 Å². The van der Waals surface area contributed by atoms with Gasteiger partial charge in [-0.2, -0.15) is 5.10 Å². The van der Waals surface area contributed by atoms with Crippen LogP contribution in [0.4, 0.5) is 5.69 Å². The average Bonchev–Trinajstić information content (AvgIpc) is 3.10. The summed E-state index contributed by atoms with van der Waals surface area (Å²) in [5, 5.41) is 7.09. The largest absolute Gasteiger partial charge is 0.465 e. The molecule has 0 saturated carbocycles. The maximum Gasteiger partial charge on any atom is 0.338 e. The van der Waals surface area contributed by atoms with E-state index >= 15 is 0 Å². The smallest absolute Gasteiger partial charge is 0.338 e. The van der Waals surface area contributed by atoms with E-state index in [-0.39, 0.29) is 23.1 Å². The number of methoxy groups -OCH3 is 1. The number of ether oxygens (including phenoxy) is 2. The van der Waals surface area contributed by atoms with Crippen LogP contribution >= 0.6 is 0 Å². The number of anilines is 1. The fourth-order valence-electron chi connectivity index (χ4n) is 2.72. The molecule has 0 radical (unpaired) electrons. The molecule has 7 nitrogen and oxygen atoms in total. The van der Waals surface area contributed by atoms with Crippen molar-refractivity contribution in [3.63, 3.8) is 0 Å². The molecule has 1 N–H and O–H groups in total. The zero-order valence-corrected chi connectivity index (χ0v) is 13.4. The zero-order chi connectivity index (χ0) is 16.9. The van der Waals surface area contributed by atoms with Gasteiger partial charge in [0.2, 0.25) is 0 Å². The topological polar surface area (TPSA) is 82.5 Å². The molecule has 1 aliphatic heterocycles. The summed E-state index contributed by atoms with van der Waals surface area (Å²) in [7, 11) is 1.29. The van der Waals surface area contributed by atoms with Gasteiger partial charge in [-0.25, -0.2) is 4.79 Å². The van der Waals surface area contributed by atoms with Crippen LogP contribution in [0.1, 0.15) is 39.6 Å². The van der Waals surface area contributed by atoms with Gasteiger partial charge in [-0.05, 0) is 25.0 Å². The number of amides is 1. The Morgan fingerprint density at radius 1 is 1.25 bits per heavy atom. The summed E-state index contributed by atoms with van der Waals surface area (Å²) in [6, 6.07) is 6.82. The average molecular weight is 329 g/mol. The molecule has 0 aliphatic carbocycles. The Hall–Kier alpha value is -2.67. The van der Waals surface area contributed by atoms with Crippen LogP contribution in [0.25, 0.3) is 0 Å². The van der Waals surface area contributed by atoms with Gasteiger partial charge in [0.05, 0.1) is 36.2 Å². The molecule has 0 unspecified atom stereocenters. The molecule has 1 saturated heterocycles. The molecule has 126 valence electrons. The van der Waals surface area contributed by atoms with Gasteiger partial charge in [-0.3, -0.25) is 9.48 Å². The highest BCUT2D eigenvalue weighted by Crippen LogP contribution is 2.22. The maximum absolute atomic E-state index is 12.5. The summed E-state index contributed by atoms with van der Waals surface area (Å²) in [5.74, 6) is -0.916. The zero-order valence-electron chi connectivity index (χ0n) is 13.4. The summed E-state index contributed by atoms with van der Waals surface area (Å²) in [6.07, 6.45) is 5.21. The quantitative estimate of drug-likeness (QED) is 0.870. The highest BCUT2D eigenvalue weighted by Gasteiger charge is 2.19. The first kappa shape index (κ1) is 16.2. The van der Waals surface area contributed by atoms with Gasteiger partial charge < -0.3 is 14.8 Å². The van der Waals surface area contributed by atoms with Gasteiger partial charge in [0.1, 0.15) is 0 Å². The van der Waals surface area contributed by atoms with E-state index in [1.54, 1.807) is 36.7 Å². The first-order valence-electron chi connectivity index (χ1n) is 7.79. The van der Waals surface area contributed by atoms with Gasteiger partial charge in [0.15, 0.2) is 0 Å². The third-order valence-electron chi connectivity index (χ3n) is 4.00. The van der Waals surface area contributed by atoms with E-state index in [0.29, 0.717) is 5.69 Å². The van der Waals surface area contributed by atoms with Gasteiger partial charge >= 0.3 is 5.97 Å². The number of carbonyl (C=O) groups is 2. The highest BCUT2D eigenvalue weighted by atomic mass is 16.5. The number of hydrogen-bond acceptors (Lipinski definition) is 5. The molecule has 3 rings (SSSR count). The normalized spacial score (nSPS) is 15.0. The fraction of sp³-hybridized carbons (Fsp3) is 0.353. The van der Waals surface area contributed by atoms with Crippen LogP contribution in [-0.2, 0) is 9.47 Å². The Balaban J connectivity index is 1.74. The van der Waals surface area contributed by atoms with Crippen molar-refractivity contribution in [2.75, 3.05) is 25.6 Å². The van der Waals surface area contributed by atoms with E-state index in [1.165, 1.54) is 7.11 Å². The van der Waals surface area contributed by atoms with Crippen molar-refractivity contribution in [2.45, 2.75) is 18.9 Å². The molecule has 7 heteroatoms. The second kappa shape index (κ2) is 7.27. The number of hydrogen-bond donors (Lipinski definition) is 1. The second-order valence-corrected chi connectivity index (χ2v) is 5.54. The molecule has 1 aromatic carbocycles. The molecule has 0 atom stereocenters. The summed E-state index contributed by atoms with van der Waals surface area (Å²) in [4.78, 5) is 24.2. The molecule has 1 aromatic heterocycles. The number of nitrogens with zero attached hydrogens (tertiary/aromatic N) is 2. The van der Waals surface area contributed by atoms with E-state index in [2.05, 4.69) is 10.4 Å². The van der Waals surface area contributed by atoms with Crippen molar-refractivity contribution in [3.05, 3.63) is 47.8 Å². The highest BCUT2D eigenvalue weighted by molar-refractivity contribution is 6.10. The molecule has 1 amide bonds. The molecule has 1 fully saturated rings. The number of rotatable bonds is 4. The molecule has 1 aliphatic rings. The van der Waals surface area contributed by atoms with Crippen molar-refractivity contribution in [2.24, 2.45) is 0 Å². The number of carbonyl (C=O) groups excluding carboxylic acids is 2. The molecular formula is C17H19N3O4. The first-order chi connectivity index (χ1) is 11.7. The SMILES string of the molecule is COC(=O)c1ccccc1C(=O)Nc1cnn(C2CCOCC2)c1. The van der Waals surface area contributed by atoms with Crippen molar-refractivity contribution < 1.29 is 19.1 Å². The minimum Gasteiger partial charge on any atom is -0.465 e. The summed E-state index contributed by atoms with van der Waals surface area (Å²) < 4.78 is 11.9. The minimum atomic E-state index is -0.543. The van der Waals surface area contributed by atoms with E-state index in [4.69, 9.17) is 9.47 Å². The van der Waals surface area contributed by atoms with Crippen molar-refractivity contribution in [1.82, 2.24) is 9.78 Å². The van der Waals surface area contributed by atoms with Gasteiger partial charge in [0, 0.05) is 19.4 Å². The summed E-state index contributed by atoms with van der Waals surface area (Å²) >= 11 is 0. The van der Waals surface area contributed by atoms with Crippen LogP contribution in [0, 0.1) is 0 Å². The molecule has 2 heterocycles. The summed E-state index contributed by atoms with van der Waals surface area (Å²) in [5.41, 5.74) is 1.09. The minimum absolute atomic E-state index is 0.231. The van der Waals surface area contributed by atoms with Crippen molar-refractivity contribution >= 4 is 17.6 Å². The van der Waals surface area contributed by atoms with Crippen molar-refractivity contribution in [3.8, 4) is 0 Å². The van der Waals surface area contributed by atoms with Crippen LogP contribution in [0.5, 0.6) is 0 Å². The molecule has 0 bridgehead atoms. The number of aromatic nitrogens is 2. The number of esters is 1. The standard InChI is InChI=1S/C17H19N3O4/c1-23-17(22)15-5-3-2-4-14(15)16(21)19-12-10-18-20(11-12)13-6-8-24-9-7-13/h2-5,10-11,13H,6-9H2,1H3,(H,19,21). The van der Waals surface area contributed by atoms with Gasteiger partial charge in [-0.1, -0.05) is 12.1 Å². The number of benzene rings is 1. The van der Waals surface area contributed by atoms with E-state index < -0.39 is 5.97 Å². The molecule has 24 heavy (non-hydrogen) atoms. The Bertz CT molecular complexity index is 735. The monoisotopic (exact) mass is 329 g/mol. The lowest BCUT2D eigenvalue weighted by atomic mass is 10.1. The van der Waals surface area contributed by atoms with Gasteiger partial charge in [-0.15, -0.1) is 0 Å². The van der Waals surface area contributed by atoms with Crippen LogP contribution in [0.3, 0.4) is 0 Å². The van der Waals surface area contributed by atoms with Crippen LogP contribution in [0.2, 0.25) is 0 Å². The molecule has 0 spiro atoms. The van der Waals surface area contributed by atoms with E-state index in [9.17, 15) is 9.59 Å². The first-order valence-corrected chi connectivity index (χ1v) is 7.79. The van der Waals surface area contributed by atoms with E-state index in [0.717, 1.165) is 26.1 Å². The Kier molecular flexibility index (Phi) is 4.90. The Morgan fingerprint density at radius 2 is 1.96 bits per heavy atom. The molecule has 2 aromatic rings. The lowest BCUT2D eigenvalue weighted by Gasteiger charge is -2.22. The van der Waals surface area contributed by atoms with Gasteiger partial charge in [0.25, 0.3) is 5.91 Å². The predicted octanol–water partition coefficient (Wildman–Crippen LogP) is 2.27. The van der Waals surface area contributed by atoms with E-state index in [1.807, 2.05) is 4.68 Å². The third-order valence-corrected chi connectivity index (χ3v) is 4.00. The Labute approximate surface area is 139 Å². The Morgan fingerprint density at radius 3 is 2.67 bits per heavy atom. The fourth-order valence-corrected chi connectivity index (χ4v) is 2.72. The summed E-state index contributed by atoms with van der Waals surface area (Å²) in [6.45, 7) is 1.44. The third kappa shape index (κ3) is 3.46. The number of nitrogens with one attached hydrogen (secondary N) is 1. The lowest BCUT2D eigenvalue weighted by molar-refractivity contribution is 0.0597.